The van der Waals surface area contributed by atoms with Crippen LogP contribution in [0.1, 0.15) is 48.0 Å². The smallest absolute Gasteiger partial charge is 0.0809 e. The number of nitrogens with one attached hydrogen (secondary N) is 1. The average Bonchev–Trinajstić information content (AvgIpc) is 2.47. The standard InChI is InChI=1S/C10H22NS.3C2H5O.Sn/c1-5-11-8-9(3)7-10(4)12-6-2;3*1-2-3;/h9-11H,4-8H2,1-3H3;3*2H2,1H3;/q;3*-1;+3. The third-order valence-electron chi connectivity index (χ3n) is 2.04. The summed E-state index contributed by atoms with van der Waals surface area (Å²) in [6, 6.07) is 0. The van der Waals surface area contributed by atoms with Gasteiger partial charge in [-0.2, -0.15) is 0 Å². The summed E-state index contributed by atoms with van der Waals surface area (Å²) in [5, 5.41) is 31.1. The quantitative estimate of drug-likeness (QED) is 0.552. The molecule has 0 bridgehead atoms. The van der Waals surface area contributed by atoms with Gasteiger partial charge in [0.15, 0.2) is 0 Å². The molecule has 6 heteroatoms. The monoisotopic (exact) mass is 443 g/mol. The van der Waals surface area contributed by atoms with E-state index in [1.54, 1.807) is 43.3 Å². The van der Waals surface area contributed by atoms with E-state index in [1.807, 2.05) is 0 Å². The number of hydrogen-bond acceptors (Lipinski definition) is 5. The third-order valence-corrected chi connectivity index (χ3v) is 5.45. The zero-order valence-electron chi connectivity index (χ0n) is 15.4. The zero-order valence-corrected chi connectivity index (χ0v) is 19.1. The Bertz CT molecular complexity index is 153. The van der Waals surface area contributed by atoms with Crippen LogP contribution >= 0.6 is 11.8 Å². The second-order valence-electron chi connectivity index (χ2n) is 4.30. The first kappa shape index (κ1) is 30.8. The van der Waals surface area contributed by atoms with E-state index in [2.05, 4.69) is 37.8 Å². The summed E-state index contributed by atoms with van der Waals surface area (Å²) in [6.45, 7) is 13.8. The molecule has 0 radical (unpaired) electrons. The van der Waals surface area contributed by atoms with Gasteiger partial charge < -0.3 is 15.3 Å². The topological polar surface area (TPSA) is 81.2 Å². The van der Waals surface area contributed by atoms with Gasteiger partial charge in [-0.15, -0.1) is 19.8 Å². The van der Waals surface area contributed by atoms with Crippen LogP contribution in [0.15, 0.2) is 0 Å². The van der Waals surface area contributed by atoms with Crippen LogP contribution in [0.3, 0.4) is 0 Å². The fourth-order valence-electron chi connectivity index (χ4n) is 1.37. The van der Waals surface area contributed by atoms with Crippen LogP contribution in [0.2, 0.25) is 4.44 Å². The molecule has 0 aliphatic carbocycles. The summed E-state index contributed by atoms with van der Waals surface area (Å²) in [4.78, 5) is 0. The fraction of sp³-hybridized carbons (Fsp3) is 1.00. The Morgan fingerprint density at radius 3 is 1.64 bits per heavy atom. The van der Waals surface area contributed by atoms with Crippen LogP contribution < -0.4 is 20.6 Å². The molecule has 0 aliphatic rings. The molecule has 134 valence electrons. The average molecular weight is 442 g/mol. The first-order chi connectivity index (χ1) is 10.5. The Labute approximate surface area is 156 Å². The molecule has 0 rings (SSSR count). The van der Waals surface area contributed by atoms with Crippen molar-refractivity contribution in [3.63, 3.8) is 0 Å². The van der Waals surface area contributed by atoms with Crippen molar-refractivity contribution in [3.8, 4) is 0 Å². The summed E-state index contributed by atoms with van der Waals surface area (Å²) in [5.74, 6) is 2.11. The van der Waals surface area contributed by atoms with Crippen LogP contribution in [0, 0.1) is 5.92 Å². The van der Waals surface area contributed by atoms with Gasteiger partial charge >= 0.3 is 101 Å². The Kier molecular flexibility index (Phi) is 47.0. The third kappa shape index (κ3) is 42.9. The first-order valence-electron chi connectivity index (χ1n) is 8.20. The van der Waals surface area contributed by atoms with Crippen molar-refractivity contribution in [1.82, 2.24) is 5.32 Å². The Morgan fingerprint density at radius 1 is 0.955 bits per heavy atom. The molecular weight excluding hydrogens is 405 g/mol. The van der Waals surface area contributed by atoms with Crippen molar-refractivity contribution >= 4 is 34.3 Å². The van der Waals surface area contributed by atoms with Crippen LogP contribution in [-0.4, -0.2) is 66.4 Å². The van der Waals surface area contributed by atoms with Gasteiger partial charge in [0, 0.05) is 0 Å². The van der Waals surface area contributed by atoms with Gasteiger partial charge in [0.05, 0.1) is 0 Å². The maximum atomic E-state index is 8.93. The molecule has 0 aromatic rings. The maximum absolute atomic E-state index is 8.93. The minimum Gasteiger partial charge on any atom is -0.855 e. The van der Waals surface area contributed by atoms with E-state index in [4.69, 9.17) is 15.3 Å². The van der Waals surface area contributed by atoms with Crippen LogP contribution in [0.4, 0.5) is 0 Å². The van der Waals surface area contributed by atoms with Crippen molar-refractivity contribution < 1.29 is 15.3 Å². The molecule has 0 fully saturated rings. The molecule has 4 nitrogen and oxygen atoms in total. The largest absolute Gasteiger partial charge is 0.855 e. The van der Waals surface area contributed by atoms with Crippen LogP contribution in [0.5, 0.6) is 0 Å². The second-order valence-corrected chi connectivity index (χ2v) is 7.04. The number of hydrogen-bond donors (Lipinski definition) is 1. The molecule has 0 saturated carbocycles. The fourth-order valence-corrected chi connectivity index (χ4v) is 3.91. The van der Waals surface area contributed by atoms with Crippen molar-refractivity contribution in [2.45, 2.75) is 57.6 Å². The molecule has 0 aromatic carbocycles. The molecule has 22 heavy (non-hydrogen) atoms. The van der Waals surface area contributed by atoms with E-state index in [0.29, 0.717) is 0 Å². The SMILES string of the molecule is CCNCC(C)CC([CH2][Sn+3])SCC.CC[O-].CC[O-].CC[O-]. The maximum Gasteiger partial charge on any atom is -0.0809 e. The van der Waals surface area contributed by atoms with Crippen LogP contribution in [0.25, 0.3) is 0 Å². The Morgan fingerprint density at radius 2 is 1.36 bits per heavy atom. The van der Waals surface area contributed by atoms with Crippen molar-refractivity contribution in [2.75, 3.05) is 38.7 Å². The number of thioether (sulfide) groups is 1. The minimum absolute atomic E-state index is 0. The van der Waals surface area contributed by atoms with Gasteiger partial charge in [-0.3, -0.25) is 0 Å². The summed E-state index contributed by atoms with van der Waals surface area (Å²) in [5.41, 5.74) is 0. The molecule has 0 amide bonds. The van der Waals surface area contributed by atoms with Crippen molar-refractivity contribution in [1.29, 1.82) is 0 Å². The summed E-state index contributed by atoms with van der Waals surface area (Å²) >= 11 is 3.82. The molecule has 0 spiro atoms. The normalized spacial score (nSPS) is 11.8. The molecule has 1 N–H and O–H groups in total. The molecule has 0 saturated heterocycles. The zero-order chi connectivity index (χ0) is 18.2. The molecular formula is C16H37NO3SSn. The first-order valence-corrected chi connectivity index (χ1v) is 11.3. The predicted molar refractivity (Wildman–Crippen MR) is 96.4 cm³/mol. The summed E-state index contributed by atoms with van der Waals surface area (Å²) in [6.07, 6.45) is 1.39. The molecule has 2 unspecified atom stereocenters. The molecule has 2 atom stereocenters. The van der Waals surface area contributed by atoms with Gasteiger partial charge in [0.25, 0.3) is 0 Å². The van der Waals surface area contributed by atoms with Crippen LogP contribution in [-0.2, 0) is 0 Å². The molecule has 0 aliphatic heterocycles. The number of rotatable bonds is 8. The molecule has 0 heterocycles. The van der Waals surface area contributed by atoms with Gasteiger partial charge in [-0.25, -0.2) is 0 Å². The van der Waals surface area contributed by atoms with Gasteiger partial charge in [0.2, 0.25) is 0 Å². The van der Waals surface area contributed by atoms with Crippen molar-refractivity contribution in [3.05, 3.63) is 0 Å². The summed E-state index contributed by atoms with van der Waals surface area (Å²) < 4.78 is 1.40. The minimum atomic E-state index is 0. The molecule has 0 aromatic heterocycles. The summed E-state index contributed by atoms with van der Waals surface area (Å²) in [7, 11) is 0. The van der Waals surface area contributed by atoms with Gasteiger partial charge in [-0.05, 0) is 0 Å². The Hall–Kier alpha value is 0.989. The second kappa shape index (κ2) is 33.6. The van der Waals surface area contributed by atoms with E-state index < -0.39 is 0 Å². The Balaban J connectivity index is -0.000000148. The van der Waals surface area contributed by atoms with E-state index in [-0.39, 0.29) is 19.8 Å². The van der Waals surface area contributed by atoms with Crippen molar-refractivity contribution in [2.24, 2.45) is 5.92 Å². The van der Waals surface area contributed by atoms with Gasteiger partial charge in [-0.1, -0.05) is 20.8 Å². The predicted octanol–water partition coefficient (Wildman–Crippen LogP) is 0.430. The van der Waals surface area contributed by atoms with E-state index in [9.17, 15) is 0 Å². The van der Waals surface area contributed by atoms with E-state index in [1.165, 1.54) is 23.2 Å². The van der Waals surface area contributed by atoms with Gasteiger partial charge in [0.1, 0.15) is 0 Å². The van der Waals surface area contributed by atoms with E-state index in [0.717, 1.165) is 17.7 Å². The van der Waals surface area contributed by atoms with E-state index >= 15 is 0 Å².